The van der Waals surface area contributed by atoms with Gasteiger partial charge in [0.25, 0.3) is 5.91 Å². The average Bonchev–Trinajstić information content (AvgIpc) is 3.69. The van der Waals surface area contributed by atoms with Crippen LogP contribution in [-0.2, 0) is 11.3 Å². The molecule has 2 fully saturated rings. The van der Waals surface area contributed by atoms with Gasteiger partial charge in [0.2, 0.25) is 5.91 Å². The van der Waals surface area contributed by atoms with E-state index >= 15 is 0 Å². The molecule has 1 saturated carbocycles. The quantitative estimate of drug-likeness (QED) is 0.365. The summed E-state index contributed by atoms with van der Waals surface area (Å²) in [7, 11) is 3.93. The molecule has 0 radical (unpaired) electrons. The molecule has 10 nitrogen and oxygen atoms in total. The van der Waals surface area contributed by atoms with Crippen LogP contribution in [0.5, 0.6) is 0 Å². The van der Waals surface area contributed by atoms with E-state index in [0.29, 0.717) is 31.0 Å². The Bertz CT molecular complexity index is 1450. The van der Waals surface area contributed by atoms with E-state index in [9.17, 15) is 9.59 Å². The predicted octanol–water partition coefficient (Wildman–Crippen LogP) is 4.03. The lowest BCUT2D eigenvalue weighted by atomic mass is 9.84. The fraction of sp³-hybridized carbons (Fsp3) is 0.545. The lowest BCUT2D eigenvalue weighted by Crippen LogP contribution is -2.51. The Morgan fingerprint density at radius 3 is 2.56 bits per heavy atom. The van der Waals surface area contributed by atoms with Gasteiger partial charge in [-0.1, -0.05) is 43.9 Å². The Kier molecular flexibility index (Phi) is 9.44. The summed E-state index contributed by atoms with van der Waals surface area (Å²) < 4.78 is 0. The van der Waals surface area contributed by atoms with Gasteiger partial charge in [-0.2, -0.15) is 0 Å². The van der Waals surface area contributed by atoms with Crippen molar-refractivity contribution in [1.29, 1.82) is 0 Å². The van der Waals surface area contributed by atoms with Crippen LogP contribution in [0.25, 0.3) is 10.9 Å². The first-order chi connectivity index (χ1) is 20.7. The van der Waals surface area contributed by atoms with Crippen molar-refractivity contribution >= 4 is 34.4 Å². The van der Waals surface area contributed by atoms with Crippen molar-refractivity contribution in [3.8, 4) is 0 Å². The van der Waals surface area contributed by atoms with Crippen LogP contribution in [0, 0.1) is 18.8 Å². The van der Waals surface area contributed by atoms with Crippen molar-refractivity contribution in [3.63, 3.8) is 0 Å². The first kappa shape index (κ1) is 30.7. The van der Waals surface area contributed by atoms with Crippen LogP contribution in [0.2, 0.25) is 0 Å². The Labute approximate surface area is 255 Å². The minimum absolute atomic E-state index is 0.0425. The molecule has 1 unspecified atom stereocenters. The summed E-state index contributed by atoms with van der Waals surface area (Å²) in [6, 6.07) is 8.46. The normalized spacial score (nSPS) is 19.3. The molecule has 3 heterocycles. The van der Waals surface area contributed by atoms with Crippen molar-refractivity contribution in [1.82, 2.24) is 30.1 Å². The zero-order valence-electron chi connectivity index (χ0n) is 26.2. The van der Waals surface area contributed by atoms with E-state index in [-0.39, 0.29) is 30.0 Å². The summed E-state index contributed by atoms with van der Waals surface area (Å²) in [5.74, 6) is 1.80. The molecule has 2 amide bonds. The molecular formula is C33H46N8O2. The topological polar surface area (TPSA) is 121 Å². The fourth-order valence-electron chi connectivity index (χ4n) is 6.99. The Morgan fingerprint density at radius 1 is 1.09 bits per heavy atom. The molecule has 0 bridgehead atoms. The number of likely N-dealkylation sites (N-methyl/N-ethyl adjacent to an activating group) is 2. The van der Waals surface area contributed by atoms with E-state index in [2.05, 4.69) is 45.0 Å². The number of aryl methyl sites for hydroxylation is 1. The number of rotatable bonds is 10. The molecule has 5 rings (SSSR count). The summed E-state index contributed by atoms with van der Waals surface area (Å²) in [6.45, 7) is 8.88. The maximum absolute atomic E-state index is 14.0. The first-order valence-corrected chi connectivity index (χ1v) is 15.6. The number of carbonyl (C=O) groups is 2. The van der Waals surface area contributed by atoms with Gasteiger partial charge in [0, 0.05) is 63.1 Å². The van der Waals surface area contributed by atoms with E-state index < -0.39 is 5.91 Å². The summed E-state index contributed by atoms with van der Waals surface area (Å²) in [5, 5.41) is 3.94. The summed E-state index contributed by atoms with van der Waals surface area (Å²) >= 11 is 0. The van der Waals surface area contributed by atoms with E-state index in [1.165, 1.54) is 38.1 Å². The molecule has 1 aliphatic carbocycles. The lowest BCUT2D eigenvalue weighted by Gasteiger charge is -2.35. The summed E-state index contributed by atoms with van der Waals surface area (Å²) in [6.07, 6.45) is 9.10. The summed E-state index contributed by atoms with van der Waals surface area (Å²) in [4.78, 5) is 46.4. The molecule has 10 heteroatoms. The maximum Gasteiger partial charge on any atom is 0.273 e. The van der Waals surface area contributed by atoms with E-state index in [1.54, 1.807) is 0 Å². The minimum atomic E-state index is -0.392. The lowest BCUT2D eigenvalue weighted by molar-refractivity contribution is -0.137. The Hall–Kier alpha value is -3.79. The fourth-order valence-corrected chi connectivity index (χ4v) is 6.99. The molecule has 2 atom stereocenters. The molecule has 230 valence electrons. The highest BCUT2D eigenvalue weighted by atomic mass is 16.2. The van der Waals surface area contributed by atoms with Crippen molar-refractivity contribution in [3.05, 3.63) is 53.5 Å². The number of anilines is 2. The number of hydrogen-bond acceptors (Lipinski definition) is 8. The number of nitrogens with one attached hydrogen (secondary N) is 1. The van der Waals surface area contributed by atoms with Gasteiger partial charge in [-0.05, 0) is 57.2 Å². The standard InChI is InChI=1S/C33H46N8O2/c1-21(2)41-16-13-26(23-10-6-7-11-23)29(41)33(43)40(5)18-17-39(4)31-25(19-24-12-8-9-22(3)27(24)38-31)20-37-32(42)28-30(34)36-15-14-35-28/h8-9,12,14-15,19,21,23,26,29H,6-7,10-11,13,16-18,20H2,1-5H3,(H2,34,36)(H,37,42)/t26?,29-/m1/s1. The van der Waals surface area contributed by atoms with Gasteiger partial charge in [0.15, 0.2) is 11.5 Å². The number of benzene rings is 1. The molecular weight excluding hydrogens is 540 g/mol. The van der Waals surface area contributed by atoms with Gasteiger partial charge >= 0.3 is 0 Å². The number of nitrogen functional groups attached to an aromatic ring is 1. The van der Waals surface area contributed by atoms with Crippen molar-refractivity contribution < 1.29 is 9.59 Å². The third-order valence-electron chi connectivity index (χ3n) is 9.40. The van der Waals surface area contributed by atoms with Crippen LogP contribution >= 0.6 is 0 Å². The predicted molar refractivity (Wildman–Crippen MR) is 171 cm³/mol. The van der Waals surface area contributed by atoms with Gasteiger partial charge in [0.1, 0.15) is 5.82 Å². The second-order valence-electron chi connectivity index (χ2n) is 12.5. The Balaban J connectivity index is 1.32. The van der Waals surface area contributed by atoms with Crippen molar-refractivity contribution in [2.75, 3.05) is 44.4 Å². The number of likely N-dealkylation sites (tertiary alicyclic amines) is 1. The van der Waals surface area contributed by atoms with Crippen LogP contribution in [0.3, 0.4) is 0 Å². The minimum Gasteiger partial charge on any atom is -0.382 e. The number of para-hydroxylation sites is 1. The van der Waals surface area contributed by atoms with Gasteiger partial charge in [-0.15, -0.1) is 0 Å². The number of hydrogen-bond donors (Lipinski definition) is 2. The molecule has 3 aromatic rings. The molecule has 3 N–H and O–H groups in total. The maximum atomic E-state index is 14.0. The first-order valence-electron chi connectivity index (χ1n) is 15.6. The number of carbonyl (C=O) groups excluding carboxylic acids is 2. The van der Waals surface area contributed by atoms with Crippen LogP contribution in [0.4, 0.5) is 11.6 Å². The molecule has 1 aliphatic heterocycles. The third kappa shape index (κ3) is 6.59. The van der Waals surface area contributed by atoms with Gasteiger partial charge in [0.05, 0.1) is 11.6 Å². The van der Waals surface area contributed by atoms with Crippen LogP contribution < -0.4 is 16.0 Å². The second-order valence-corrected chi connectivity index (χ2v) is 12.5. The number of fused-ring (bicyclic) bond motifs is 1. The Morgan fingerprint density at radius 2 is 1.84 bits per heavy atom. The summed E-state index contributed by atoms with van der Waals surface area (Å²) in [5.41, 5.74) is 8.84. The zero-order chi connectivity index (χ0) is 30.7. The monoisotopic (exact) mass is 586 g/mol. The second kappa shape index (κ2) is 13.2. The smallest absolute Gasteiger partial charge is 0.273 e. The SMILES string of the molecule is Cc1cccc2cc(CNC(=O)c3nccnc3N)c(N(C)CCN(C)C(=O)[C@H]3C(C4CCCC4)CCN3C(C)C)nc12. The average molecular weight is 587 g/mol. The highest BCUT2D eigenvalue weighted by Gasteiger charge is 2.45. The number of amides is 2. The van der Waals surface area contributed by atoms with E-state index in [4.69, 9.17) is 10.7 Å². The third-order valence-corrected chi connectivity index (χ3v) is 9.40. The largest absolute Gasteiger partial charge is 0.382 e. The van der Waals surface area contributed by atoms with E-state index in [1.807, 2.05) is 44.1 Å². The van der Waals surface area contributed by atoms with Gasteiger partial charge < -0.3 is 20.9 Å². The van der Waals surface area contributed by atoms with Gasteiger partial charge in [-0.25, -0.2) is 15.0 Å². The van der Waals surface area contributed by atoms with Crippen molar-refractivity contribution in [2.24, 2.45) is 11.8 Å². The number of pyridine rings is 1. The molecule has 2 aliphatic rings. The van der Waals surface area contributed by atoms with Gasteiger partial charge in [-0.3, -0.25) is 14.5 Å². The highest BCUT2D eigenvalue weighted by molar-refractivity contribution is 5.96. The number of aromatic nitrogens is 3. The van der Waals surface area contributed by atoms with E-state index in [0.717, 1.165) is 40.8 Å². The number of nitrogens with two attached hydrogens (primary N) is 1. The highest BCUT2D eigenvalue weighted by Crippen LogP contribution is 2.41. The molecule has 43 heavy (non-hydrogen) atoms. The molecule has 1 aromatic carbocycles. The van der Waals surface area contributed by atoms with Crippen molar-refractivity contribution in [2.45, 2.75) is 71.5 Å². The zero-order valence-corrected chi connectivity index (χ0v) is 26.2. The van der Waals surface area contributed by atoms with Crippen LogP contribution in [0.15, 0.2) is 36.7 Å². The van der Waals surface area contributed by atoms with Crippen LogP contribution in [0.1, 0.15) is 67.6 Å². The molecule has 0 spiro atoms. The number of nitrogens with zero attached hydrogens (tertiary/aromatic N) is 6. The van der Waals surface area contributed by atoms with Crippen LogP contribution in [-0.4, -0.2) is 82.4 Å². The molecule has 2 aromatic heterocycles. The molecule has 1 saturated heterocycles.